The molecule has 4 nitrogen and oxygen atoms in total. The Morgan fingerprint density at radius 3 is 2.73 bits per heavy atom. The molecule has 0 atom stereocenters. The Balaban J connectivity index is 1.96. The third-order valence-corrected chi connectivity index (χ3v) is 3.09. The van der Waals surface area contributed by atoms with Crippen molar-refractivity contribution in [3.8, 4) is 0 Å². The van der Waals surface area contributed by atoms with Gasteiger partial charge in [0.05, 0.1) is 6.42 Å². The highest BCUT2D eigenvalue weighted by Gasteiger charge is 2.24. The van der Waals surface area contributed by atoms with Crippen LogP contribution in [0.4, 0.5) is 0 Å². The minimum absolute atomic E-state index is 0.142. The summed E-state index contributed by atoms with van der Waals surface area (Å²) in [5.74, 6) is 0.567. The number of nitrogens with one attached hydrogen (secondary N) is 1. The highest BCUT2D eigenvalue weighted by atomic mass is 32.2. The summed E-state index contributed by atoms with van der Waals surface area (Å²) in [6, 6.07) is 0.287. The lowest BCUT2D eigenvalue weighted by atomic mass is 10.3. The summed E-state index contributed by atoms with van der Waals surface area (Å²) in [4.78, 5) is 10.1. The van der Waals surface area contributed by atoms with Gasteiger partial charge in [0.25, 0.3) is 0 Å². The number of hydrogen-bond acceptors (Lipinski definition) is 3. The molecule has 5 heteroatoms. The minimum Gasteiger partial charge on any atom is -0.481 e. The van der Waals surface area contributed by atoms with Crippen LogP contribution >= 0.6 is 0 Å². The third kappa shape index (κ3) is 2.98. The van der Waals surface area contributed by atoms with Crippen LogP contribution in [0.5, 0.6) is 0 Å². The molecular formula is C6H11NO3S. The van der Waals surface area contributed by atoms with Crippen LogP contribution in [0.3, 0.4) is 0 Å². The zero-order chi connectivity index (χ0) is 8.27. The molecule has 0 aromatic rings. The van der Waals surface area contributed by atoms with Crippen LogP contribution in [-0.4, -0.2) is 39.4 Å². The molecule has 1 fully saturated rings. The van der Waals surface area contributed by atoms with Gasteiger partial charge < -0.3 is 10.4 Å². The molecule has 0 radical (unpaired) electrons. The molecule has 1 rings (SSSR count). The van der Waals surface area contributed by atoms with Crippen LogP contribution in [0.2, 0.25) is 0 Å². The van der Waals surface area contributed by atoms with Crippen molar-refractivity contribution in [1.29, 1.82) is 0 Å². The van der Waals surface area contributed by atoms with Crippen LogP contribution in [0, 0.1) is 0 Å². The van der Waals surface area contributed by atoms with Gasteiger partial charge >= 0.3 is 5.97 Å². The maximum absolute atomic E-state index is 10.6. The second kappa shape index (κ2) is 3.82. The molecule has 64 valence electrons. The van der Waals surface area contributed by atoms with Gasteiger partial charge in [0, 0.05) is 34.9 Å². The SMILES string of the molecule is O=C(O)CCNC1CS(=O)C1. The van der Waals surface area contributed by atoms with Crippen molar-refractivity contribution in [3.05, 3.63) is 0 Å². The number of carboxylic acids is 1. The van der Waals surface area contributed by atoms with E-state index in [0.717, 1.165) is 0 Å². The Labute approximate surface area is 67.4 Å². The predicted molar refractivity (Wildman–Crippen MR) is 41.9 cm³/mol. The Kier molecular flexibility index (Phi) is 3.02. The second-order valence-electron chi connectivity index (χ2n) is 2.57. The molecule has 0 spiro atoms. The molecule has 0 aromatic carbocycles. The first-order chi connectivity index (χ1) is 5.18. The summed E-state index contributed by atoms with van der Waals surface area (Å²) in [6.45, 7) is 0.483. The van der Waals surface area contributed by atoms with Crippen molar-refractivity contribution in [3.63, 3.8) is 0 Å². The maximum atomic E-state index is 10.6. The van der Waals surface area contributed by atoms with Crippen molar-refractivity contribution in [2.45, 2.75) is 12.5 Å². The first-order valence-electron chi connectivity index (χ1n) is 3.48. The Bertz CT molecular complexity index is 175. The van der Waals surface area contributed by atoms with Gasteiger partial charge in [-0.3, -0.25) is 9.00 Å². The van der Waals surface area contributed by atoms with Crippen LogP contribution < -0.4 is 5.32 Å². The highest BCUT2D eigenvalue weighted by molar-refractivity contribution is 7.86. The minimum atomic E-state index is -0.794. The summed E-state index contributed by atoms with van der Waals surface area (Å²) in [5, 5.41) is 11.3. The zero-order valence-corrected chi connectivity index (χ0v) is 6.89. The van der Waals surface area contributed by atoms with E-state index in [1.165, 1.54) is 0 Å². The van der Waals surface area contributed by atoms with E-state index in [1.807, 2.05) is 0 Å². The molecule has 0 bridgehead atoms. The number of rotatable bonds is 4. The molecular weight excluding hydrogens is 166 g/mol. The maximum Gasteiger partial charge on any atom is 0.304 e. The van der Waals surface area contributed by atoms with Crippen LogP contribution in [0.1, 0.15) is 6.42 Å². The molecule has 0 unspecified atom stereocenters. The van der Waals surface area contributed by atoms with E-state index >= 15 is 0 Å². The predicted octanol–water partition coefficient (Wildman–Crippen LogP) is -0.818. The molecule has 1 saturated heterocycles. The van der Waals surface area contributed by atoms with E-state index in [9.17, 15) is 9.00 Å². The summed E-state index contributed by atoms with van der Waals surface area (Å²) in [6.07, 6.45) is 0.142. The van der Waals surface area contributed by atoms with E-state index in [4.69, 9.17) is 5.11 Å². The normalized spacial score (nSPS) is 29.5. The van der Waals surface area contributed by atoms with E-state index in [-0.39, 0.29) is 12.5 Å². The van der Waals surface area contributed by atoms with E-state index in [0.29, 0.717) is 18.1 Å². The molecule has 0 saturated carbocycles. The van der Waals surface area contributed by atoms with Gasteiger partial charge in [0.15, 0.2) is 0 Å². The third-order valence-electron chi connectivity index (χ3n) is 1.55. The lowest BCUT2D eigenvalue weighted by Gasteiger charge is -2.25. The van der Waals surface area contributed by atoms with Crippen molar-refractivity contribution in [2.75, 3.05) is 18.1 Å². The van der Waals surface area contributed by atoms with Crippen molar-refractivity contribution in [2.24, 2.45) is 0 Å². The number of hydrogen-bond donors (Lipinski definition) is 2. The summed E-state index contributed by atoms with van der Waals surface area (Å²) >= 11 is 0. The molecule has 0 amide bonds. The average molecular weight is 177 g/mol. The lowest BCUT2D eigenvalue weighted by molar-refractivity contribution is -0.136. The van der Waals surface area contributed by atoms with Gasteiger partial charge in [0.2, 0.25) is 0 Å². The largest absolute Gasteiger partial charge is 0.481 e. The Hall–Kier alpha value is -0.420. The quantitative estimate of drug-likeness (QED) is 0.589. The van der Waals surface area contributed by atoms with Crippen LogP contribution in [-0.2, 0) is 15.6 Å². The molecule has 1 aliphatic rings. The van der Waals surface area contributed by atoms with E-state index < -0.39 is 16.8 Å². The summed E-state index contributed by atoms with van der Waals surface area (Å²) in [7, 11) is -0.646. The van der Waals surface area contributed by atoms with Gasteiger partial charge in [-0.1, -0.05) is 0 Å². The van der Waals surface area contributed by atoms with Gasteiger partial charge in [0.1, 0.15) is 0 Å². The standard InChI is InChI=1S/C6H11NO3S/c8-6(9)1-2-7-5-3-11(10)4-5/h5,7H,1-4H2,(H,8,9). The lowest BCUT2D eigenvalue weighted by Crippen LogP contribution is -2.48. The highest BCUT2D eigenvalue weighted by Crippen LogP contribution is 2.04. The van der Waals surface area contributed by atoms with Gasteiger partial charge in [-0.15, -0.1) is 0 Å². The Morgan fingerprint density at radius 2 is 2.27 bits per heavy atom. The first-order valence-corrected chi connectivity index (χ1v) is 4.97. The van der Waals surface area contributed by atoms with Gasteiger partial charge in [-0.2, -0.15) is 0 Å². The molecule has 11 heavy (non-hydrogen) atoms. The monoisotopic (exact) mass is 177 g/mol. The fourth-order valence-corrected chi connectivity index (χ4v) is 1.94. The molecule has 1 heterocycles. The summed E-state index contributed by atoms with van der Waals surface area (Å²) in [5.41, 5.74) is 0. The topological polar surface area (TPSA) is 66.4 Å². The van der Waals surface area contributed by atoms with Crippen molar-refractivity contribution in [1.82, 2.24) is 5.32 Å². The van der Waals surface area contributed by atoms with Gasteiger partial charge in [-0.25, -0.2) is 0 Å². The van der Waals surface area contributed by atoms with Crippen molar-refractivity contribution >= 4 is 16.8 Å². The first kappa shape index (κ1) is 8.67. The van der Waals surface area contributed by atoms with E-state index in [1.54, 1.807) is 0 Å². The van der Waals surface area contributed by atoms with Crippen LogP contribution in [0.25, 0.3) is 0 Å². The fraction of sp³-hybridized carbons (Fsp3) is 0.833. The number of aliphatic carboxylic acids is 1. The van der Waals surface area contributed by atoms with Crippen molar-refractivity contribution < 1.29 is 14.1 Å². The molecule has 2 N–H and O–H groups in total. The average Bonchev–Trinajstić information content (AvgIpc) is 1.83. The number of carboxylic acid groups (broad SMARTS) is 1. The Morgan fingerprint density at radius 1 is 1.64 bits per heavy atom. The molecule has 0 aromatic heterocycles. The zero-order valence-electron chi connectivity index (χ0n) is 6.08. The molecule has 0 aliphatic carbocycles. The second-order valence-corrected chi connectivity index (χ2v) is 4.11. The van der Waals surface area contributed by atoms with E-state index in [2.05, 4.69) is 5.32 Å². The van der Waals surface area contributed by atoms with Gasteiger partial charge in [-0.05, 0) is 0 Å². The number of carbonyl (C=O) groups is 1. The molecule has 1 aliphatic heterocycles. The summed E-state index contributed by atoms with van der Waals surface area (Å²) < 4.78 is 10.6. The van der Waals surface area contributed by atoms with Crippen LogP contribution in [0.15, 0.2) is 0 Å². The fourth-order valence-electron chi connectivity index (χ4n) is 0.901. The smallest absolute Gasteiger partial charge is 0.304 e.